The topological polar surface area (TPSA) is 68.3 Å². The summed E-state index contributed by atoms with van der Waals surface area (Å²) in [6.45, 7) is 2.20. The highest BCUT2D eigenvalue weighted by Crippen LogP contribution is 2.29. The highest BCUT2D eigenvalue weighted by atomic mass is 79.9. The molecule has 0 spiro atoms. The summed E-state index contributed by atoms with van der Waals surface area (Å²) in [4.78, 5) is 4.14. The molecule has 21 heavy (non-hydrogen) atoms. The molecule has 2 rings (SSSR count). The first kappa shape index (κ1) is 16.3. The summed E-state index contributed by atoms with van der Waals surface area (Å²) >= 11 is 6.51. The molecule has 0 fully saturated rings. The molecule has 0 atom stereocenters. The van der Waals surface area contributed by atoms with Gasteiger partial charge in [-0.25, -0.2) is 13.4 Å². The van der Waals surface area contributed by atoms with E-state index in [1.54, 1.807) is 31.2 Å². The van der Waals surface area contributed by atoms with Crippen molar-refractivity contribution in [1.82, 2.24) is 4.98 Å². The lowest BCUT2D eigenvalue weighted by molar-refractivity contribution is 0.329. The van der Waals surface area contributed by atoms with Gasteiger partial charge in [-0.15, -0.1) is 0 Å². The van der Waals surface area contributed by atoms with Crippen molar-refractivity contribution in [3.8, 4) is 5.88 Å². The zero-order valence-electron chi connectivity index (χ0n) is 11.0. The molecule has 0 saturated heterocycles. The van der Waals surface area contributed by atoms with Gasteiger partial charge in [0.25, 0.3) is 10.0 Å². The minimum atomic E-state index is -3.75. The largest absolute Gasteiger partial charge is 0.476 e. The van der Waals surface area contributed by atoms with Crippen LogP contribution in [0.15, 0.2) is 50.4 Å². The Labute approximate surface area is 140 Å². The van der Waals surface area contributed by atoms with Crippen LogP contribution >= 0.6 is 31.9 Å². The number of hydrogen-bond acceptors (Lipinski definition) is 4. The monoisotopic (exact) mass is 434 g/mol. The average molecular weight is 436 g/mol. The molecule has 0 aliphatic heterocycles. The van der Waals surface area contributed by atoms with Crippen molar-refractivity contribution in [1.29, 1.82) is 0 Å². The Balaban J connectivity index is 2.40. The van der Waals surface area contributed by atoms with Gasteiger partial charge in [-0.2, -0.15) is 0 Å². The van der Waals surface area contributed by atoms with E-state index in [2.05, 4.69) is 41.6 Å². The SMILES string of the molecule is CCOc1ncccc1NS(=O)(=O)c1cc(Br)ccc1Br. The van der Waals surface area contributed by atoms with Gasteiger partial charge in [0.05, 0.1) is 6.61 Å². The molecule has 1 N–H and O–H groups in total. The van der Waals surface area contributed by atoms with Gasteiger partial charge >= 0.3 is 0 Å². The normalized spacial score (nSPS) is 11.2. The van der Waals surface area contributed by atoms with Crippen molar-refractivity contribution in [3.05, 3.63) is 45.5 Å². The van der Waals surface area contributed by atoms with E-state index in [0.717, 1.165) is 0 Å². The molecule has 0 aliphatic carbocycles. The molecule has 112 valence electrons. The van der Waals surface area contributed by atoms with Crippen molar-refractivity contribution >= 4 is 47.6 Å². The van der Waals surface area contributed by atoms with Crippen LogP contribution < -0.4 is 9.46 Å². The van der Waals surface area contributed by atoms with Crippen LogP contribution in [0.2, 0.25) is 0 Å². The summed E-state index contributed by atoms with van der Waals surface area (Å²) in [5, 5.41) is 0. The van der Waals surface area contributed by atoms with E-state index in [1.165, 1.54) is 12.3 Å². The number of anilines is 1. The highest BCUT2D eigenvalue weighted by Gasteiger charge is 2.20. The Morgan fingerprint density at radius 3 is 2.76 bits per heavy atom. The second kappa shape index (κ2) is 6.76. The standard InChI is InChI=1S/C13H12Br2N2O3S/c1-2-20-13-11(4-3-7-16-13)17-21(18,19)12-8-9(14)5-6-10(12)15/h3-8,17H,2H2,1H3. The van der Waals surface area contributed by atoms with Gasteiger partial charge in [-0.1, -0.05) is 15.9 Å². The molecule has 0 amide bonds. The Morgan fingerprint density at radius 1 is 1.29 bits per heavy atom. The third-order valence-corrected chi connectivity index (χ3v) is 5.33. The molecule has 8 heteroatoms. The van der Waals surface area contributed by atoms with Gasteiger partial charge in [0.2, 0.25) is 5.88 Å². The second-order valence-electron chi connectivity index (χ2n) is 3.97. The summed E-state index contributed by atoms with van der Waals surface area (Å²) in [6.07, 6.45) is 1.54. The molecule has 1 heterocycles. The molecule has 1 aromatic carbocycles. The molecule has 5 nitrogen and oxygen atoms in total. The van der Waals surface area contributed by atoms with Crippen LogP contribution in [0.5, 0.6) is 5.88 Å². The number of hydrogen-bond donors (Lipinski definition) is 1. The molecule has 2 aromatic rings. The lowest BCUT2D eigenvalue weighted by Crippen LogP contribution is -2.15. The first-order valence-electron chi connectivity index (χ1n) is 5.99. The maximum absolute atomic E-state index is 12.5. The molecular formula is C13H12Br2N2O3S. The highest BCUT2D eigenvalue weighted by molar-refractivity contribution is 9.11. The lowest BCUT2D eigenvalue weighted by Gasteiger charge is -2.12. The van der Waals surface area contributed by atoms with E-state index in [0.29, 0.717) is 21.2 Å². The molecule has 0 saturated carbocycles. The number of ether oxygens (including phenoxy) is 1. The van der Waals surface area contributed by atoms with Gasteiger partial charge in [-0.3, -0.25) is 4.72 Å². The Kier molecular flexibility index (Phi) is 5.23. The van der Waals surface area contributed by atoms with E-state index < -0.39 is 10.0 Å². The quantitative estimate of drug-likeness (QED) is 0.775. The smallest absolute Gasteiger partial charge is 0.263 e. The van der Waals surface area contributed by atoms with E-state index in [1.807, 2.05) is 0 Å². The number of rotatable bonds is 5. The molecule has 0 unspecified atom stereocenters. The molecule has 0 bridgehead atoms. The molecule has 1 aromatic heterocycles. The average Bonchev–Trinajstić information content (AvgIpc) is 2.43. The van der Waals surface area contributed by atoms with Crippen LogP contribution in [0, 0.1) is 0 Å². The maximum Gasteiger partial charge on any atom is 0.263 e. The minimum absolute atomic E-state index is 0.128. The third-order valence-electron chi connectivity index (χ3n) is 2.48. The number of benzene rings is 1. The number of halogens is 2. The zero-order chi connectivity index (χ0) is 15.5. The summed E-state index contributed by atoms with van der Waals surface area (Å²) in [5.74, 6) is 0.245. The fourth-order valence-electron chi connectivity index (χ4n) is 1.60. The van der Waals surface area contributed by atoms with Crippen LogP contribution in [0.4, 0.5) is 5.69 Å². The van der Waals surface area contributed by atoms with Crippen LogP contribution in [0.3, 0.4) is 0 Å². The Hall–Kier alpha value is -1.12. The summed E-state index contributed by atoms with van der Waals surface area (Å²) in [6, 6.07) is 8.16. The van der Waals surface area contributed by atoms with Crippen molar-refractivity contribution in [2.75, 3.05) is 11.3 Å². The second-order valence-corrected chi connectivity index (χ2v) is 7.39. The van der Waals surface area contributed by atoms with Crippen LogP contribution in [0.1, 0.15) is 6.92 Å². The molecule has 0 aliphatic rings. The van der Waals surface area contributed by atoms with E-state index >= 15 is 0 Å². The third kappa shape index (κ3) is 3.96. The van der Waals surface area contributed by atoms with Crippen LogP contribution in [-0.2, 0) is 10.0 Å². The van der Waals surface area contributed by atoms with Crippen molar-refractivity contribution in [2.24, 2.45) is 0 Å². The lowest BCUT2D eigenvalue weighted by atomic mass is 10.4. The summed E-state index contributed by atoms with van der Waals surface area (Å²) in [7, 11) is -3.75. The van der Waals surface area contributed by atoms with E-state index in [4.69, 9.17) is 4.74 Å². The first-order valence-corrected chi connectivity index (χ1v) is 9.06. The van der Waals surface area contributed by atoms with E-state index in [9.17, 15) is 8.42 Å². The van der Waals surface area contributed by atoms with Gasteiger partial charge in [0.1, 0.15) is 10.6 Å². The number of aromatic nitrogens is 1. The number of sulfonamides is 1. The minimum Gasteiger partial charge on any atom is -0.476 e. The summed E-state index contributed by atoms with van der Waals surface area (Å²) < 4.78 is 33.9. The van der Waals surface area contributed by atoms with Gasteiger partial charge < -0.3 is 4.74 Å². The fourth-order valence-corrected chi connectivity index (χ4v) is 4.16. The van der Waals surface area contributed by atoms with Crippen LogP contribution in [0.25, 0.3) is 0 Å². The zero-order valence-corrected chi connectivity index (χ0v) is 15.0. The number of nitrogens with one attached hydrogen (secondary N) is 1. The predicted octanol–water partition coefficient (Wildman–Crippen LogP) is 3.81. The van der Waals surface area contributed by atoms with Crippen molar-refractivity contribution < 1.29 is 13.2 Å². The predicted molar refractivity (Wildman–Crippen MR) is 88.1 cm³/mol. The Morgan fingerprint density at radius 2 is 2.05 bits per heavy atom. The first-order chi connectivity index (χ1) is 9.94. The Bertz CT molecular complexity index is 751. The summed E-state index contributed by atoms with van der Waals surface area (Å²) in [5.41, 5.74) is 0.297. The van der Waals surface area contributed by atoms with Gasteiger partial charge in [0.15, 0.2) is 0 Å². The van der Waals surface area contributed by atoms with Crippen molar-refractivity contribution in [2.45, 2.75) is 11.8 Å². The molecular weight excluding hydrogens is 424 g/mol. The fraction of sp³-hybridized carbons (Fsp3) is 0.154. The van der Waals surface area contributed by atoms with Gasteiger partial charge in [0, 0.05) is 15.1 Å². The maximum atomic E-state index is 12.5. The number of nitrogens with zero attached hydrogens (tertiary/aromatic N) is 1. The number of pyridine rings is 1. The van der Waals surface area contributed by atoms with Crippen molar-refractivity contribution in [3.63, 3.8) is 0 Å². The molecule has 0 radical (unpaired) electrons. The van der Waals surface area contributed by atoms with E-state index in [-0.39, 0.29) is 10.8 Å². The van der Waals surface area contributed by atoms with Gasteiger partial charge in [-0.05, 0) is 53.2 Å². The van der Waals surface area contributed by atoms with Crippen LogP contribution in [-0.4, -0.2) is 20.0 Å².